The standard InChI is InChI=1S/C19H19F3N4O4S/c1-11-14(27)3-2-13-12(8-15(28)30-16(11)13)9-31-18-24-23-17(25-4-6-29-7-5-25)26(18)10-19(20,21)22/h2-3,8,27H,4-7,9-10H2,1H3. The van der Waals surface area contributed by atoms with Crippen LogP contribution in [-0.4, -0.2) is 52.4 Å². The number of rotatable bonds is 5. The summed E-state index contributed by atoms with van der Waals surface area (Å²) in [6.07, 6.45) is -4.45. The van der Waals surface area contributed by atoms with Gasteiger partial charge in [-0.15, -0.1) is 10.2 Å². The van der Waals surface area contributed by atoms with Gasteiger partial charge in [0.05, 0.1) is 13.2 Å². The van der Waals surface area contributed by atoms with Crippen LogP contribution in [0.25, 0.3) is 11.0 Å². The van der Waals surface area contributed by atoms with E-state index < -0.39 is 18.3 Å². The second kappa shape index (κ2) is 8.42. The maximum Gasteiger partial charge on any atom is 0.406 e. The highest BCUT2D eigenvalue weighted by atomic mass is 32.2. The molecule has 0 spiro atoms. The zero-order valence-corrected chi connectivity index (χ0v) is 17.3. The molecule has 1 aliphatic heterocycles. The van der Waals surface area contributed by atoms with Crippen LogP contribution in [0.1, 0.15) is 11.1 Å². The van der Waals surface area contributed by atoms with Crippen molar-refractivity contribution in [2.45, 2.75) is 30.6 Å². The van der Waals surface area contributed by atoms with Crippen LogP contribution < -0.4 is 10.5 Å². The van der Waals surface area contributed by atoms with Gasteiger partial charge in [0.1, 0.15) is 17.9 Å². The van der Waals surface area contributed by atoms with Gasteiger partial charge in [-0.05, 0) is 24.6 Å². The molecule has 0 bridgehead atoms. The number of phenols is 1. The summed E-state index contributed by atoms with van der Waals surface area (Å²) in [5.41, 5.74) is 0.613. The van der Waals surface area contributed by atoms with Gasteiger partial charge in [-0.1, -0.05) is 11.8 Å². The zero-order chi connectivity index (χ0) is 22.2. The van der Waals surface area contributed by atoms with Crippen LogP contribution in [-0.2, 0) is 17.0 Å². The highest BCUT2D eigenvalue weighted by Gasteiger charge is 2.33. The van der Waals surface area contributed by atoms with Gasteiger partial charge in [-0.3, -0.25) is 4.57 Å². The molecule has 1 saturated heterocycles. The molecule has 12 heteroatoms. The second-order valence-electron chi connectivity index (χ2n) is 7.05. The number of alkyl halides is 3. The number of benzene rings is 1. The van der Waals surface area contributed by atoms with Crippen LogP contribution >= 0.6 is 11.8 Å². The fourth-order valence-corrected chi connectivity index (χ4v) is 4.30. The van der Waals surface area contributed by atoms with Crippen molar-refractivity contribution in [3.63, 3.8) is 0 Å². The Balaban J connectivity index is 1.66. The van der Waals surface area contributed by atoms with Gasteiger partial charge in [0.25, 0.3) is 0 Å². The number of hydrogen-bond acceptors (Lipinski definition) is 8. The number of aromatic nitrogens is 3. The highest BCUT2D eigenvalue weighted by molar-refractivity contribution is 7.98. The van der Waals surface area contributed by atoms with Gasteiger partial charge in [0.2, 0.25) is 5.95 Å². The Morgan fingerprint density at radius 1 is 1.23 bits per heavy atom. The first-order valence-electron chi connectivity index (χ1n) is 9.43. The van der Waals surface area contributed by atoms with E-state index in [9.17, 15) is 23.1 Å². The van der Waals surface area contributed by atoms with Crippen LogP contribution in [0.4, 0.5) is 19.1 Å². The van der Waals surface area contributed by atoms with Crippen LogP contribution in [0.3, 0.4) is 0 Å². The minimum Gasteiger partial charge on any atom is -0.508 e. The van der Waals surface area contributed by atoms with Crippen LogP contribution in [0.2, 0.25) is 0 Å². The number of anilines is 1. The quantitative estimate of drug-likeness (QED) is 0.463. The molecule has 0 radical (unpaired) electrons. The number of phenolic OH excluding ortho intramolecular Hbond substituents is 1. The number of fused-ring (bicyclic) bond motifs is 1. The van der Waals surface area contributed by atoms with Gasteiger partial charge < -0.3 is 19.2 Å². The first-order valence-corrected chi connectivity index (χ1v) is 10.4. The van der Waals surface area contributed by atoms with E-state index in [0.29, 0.717) is 42.8 Å². The van der Waals surface area contributed by atoms with Gasteiger partial charge in [-0.25, -0.2) is 4.79 Å². The molecule has 3 heterocycles. The van der Waals surface area contributed by atoms with E-state index in [4.69, 9.17) is 9.15 Å². The monoisotopic (exact) mass is 456 g/mol. The number of halogens is 3. The molecule has 1 N–H and O–H groups in total. The molecule has 2 aromatic heterocycles. The molecule has 1 aliphatic rings. The van der Waals surface area contributed by atoms with E-state index >= 15 is 0 Å². The van der Waals surface area contributed by atoms with E-state index in [1.807, 2.05) is 0 Å². The number of aromatic hydroxyl groups is 1. The number of thioether (sulfide) groups is 1. The van der Waals surface area contributed by atoms with Crippen LogP contribution in [0.5, 0.6) is 5.75 Å². The third-order valence-electron chi connectivity index (χ3n) is 4.90. The van der Waals surface area contributed by atoms with Gasteiger partial charge in [0, 0.05) is 35.9 Å². The molecule has 3 aromatic rings. The molecule has 31 heavy (non-hydrogen) atoms. The highest BCUT2D eigenvalue weighted by Crippen LogP contribution is 2.33. The summed E-state index contributed by atoms with van der Waals surface area (Å²) in [5.74, 6) is 0.299. The number of ether oxygens (including phenoxy) is 1. The lowest BCUT2D eigenvalue weighted by molar-refractivity contribution is -0.141. The molecule has 0 atom stereocenters. The van der Waals surface area contributed by atoms with Crippen molar-refractivity contribution in [3.8, 4) is 5.75 Å². The van der Waals surface area contributed by atoms with Crippen molar-refractivity contribution in [1.82, 2.24) is 14.8 Å². The van der Waals surface area contributed by atoms with E-state index in [1.165, 1.54) is 12.1 Å². The molecular weight excluding hydrogens is 437 g/mol. The Hall–Kier alpha value is -2.73. The van der Waals surface area contributed by atoms with Gasteiger partial charge in [-0.2, -0.15) is 13.2 Å². The van der Waals surface area contributed by atoms with Crippen molar-refractivity contribution in [3.05, 3.63) is 39.7 Å². The third-order valence-corrected chi connectivity index (χ3v) is 5.92. The molecule has 0 aliphatic carbocycles. The predicted octanol–water partition coefficient (Wildman–Crippen LogP) is 3.09. The molecule has 1 aromatic carbocycles. The molecule has 4 rings (SSSR count). The third kappa shape index (κ3) is 4.64. The summed E-state index contributed by atoms with van der Waals surface area (Å²) in [4.78, 5) is 13.7. The Labute approximate surface area is 178 Å². The summed E-state index contributed by atoms with van der Waals surface area (Å²) >= 11 is 1.05. The molecule has 0 unspecified atom stereocenters. The number of morpholine rings is 1. The Morgan fingerprint density at radius 3 is 2.68 bits per heavy atom. The lowest BCUT2D eigenvalue weighted by Crippen LogP contribution is -2.38. The number of aryl methyl sites for hydroxylation is 1. The van der Waals surface area contributed by atoms with Gasteiger partial charge >= 0.3 is 11.8 Å². The summed E-state index contributed by atoms with van der Waals surface area (Å²) < 4.78 is 51.3. The van der Waals surface area contributed by atoms with Crippen molar-refractivity contribution in [2.75, 3.05) is 31.2 Å². The summed E-state index contributed by atoms with van der Waals surface area (Å²) in [6.45, 7) is 2.05. The lowest BCUT2D eigenvalue weighted by atomic mass is 10.1. The fourth-order valence-electron chi connectivity index (χ4n) is 3.38. The Morgan fingerprint density at radius 2 is 1.97 bits per heavy atom. The summed E-state index contributed by atoms with van der Waals surface area (Å²) in [6, 6.07) is 4.38. The summed E-state index contributed by atoms with van der Waals surface area (Å²) in [5, 5.41) is 18.5. The maximum atomic E-state index is 13.2. The van der Waals surface area contributed by atoms with E-state index in [1.54, 1.807) is 17.9 Å². The second-order valence-corrected chi connectivity index (χ2v) is 7.99. The van der Waals surface area contributed by atoms with Gasteiger partial charge in [0.15, 0.2) is 5.16 Å². The Kier molecular flexibility index (Phi) is 5.84. The number of hydrogen-bond donors (Lipinski definition) is 1. The summed E-state index contributed by atoms with van der Waals surface area (Å²) in [7, 11) is 0. The maximum absolute atomic E-state index is 13.2. The SMILES string of the molecule is Cc1c(O)ccc2c(CSc3nnc(N4CCOCC4)n3CC(F)(F)F)cc(=O)oc12. The topological polar surface area (TPSA) is 93.6 Å². The molecule has 0 amide bonds. The zero-order valence-electron chi connectivity index (χ0n) is 16.5. The molecular formula is C19H19F3N4O4S. The van der Waals surface area contributed by atoms with Crippen LogP contribution in [0, 0.1) is 6.92 Å². The van der Waals surface area contributed by atoms with Crippen molar-refractivity contribution in [1.29, 1.82) is 0 Å². The number of nitrogens with zero attached hydrogens (tertiary/aromatic N) is 4. The van der Waals surface area contributed by atoms with E-state index in [0.717, 1.165) is 16.3 Å². The average molecular weight is 456 g/mol. The lowest BCUT2D eigenvalue weighted by Gasteiger charge is -2.28. The van der Waals surface area contributed by atoms with Crippen molar-refractivity contribution in [2.24, 2.45) is 0 Å². The van der Waals surface area contributed by atoms with Crippen LogP contribution in [0.15, 0.2) is 32.6 Å². The molecule has 8 nitrogen and oxygen atoms in total. The van der Waals surface area contributed by atoms with Crippen molar-refractivity contribution >= 4 is 28.7 Å². The normalized spacial score (nSPS) is 15.0. The minimum absolute atomic E-state index is 0.0134. The minimum atomic E-state index is -4.45. The first-order chi connectivity index (χ1) is 14.7. The van der Waals surface area contributed by atoms with E-state index in [-0.39, 0.29) is 28.2 Å². The smallest absolute Gasteiger partial charge is 0.406 e. The first kappa shape index (κ1) is 21.5. The fraction of sp³-hybridized carbons (Fsp3) is 0.421. The molecule has 166 valence electrons. The van der Waals surface area contributed by atoms with Crippen molar-refractivity contribution < 1.29 is 27.4 Å². The largest absolute Gasteiger partial charge is 0.508 e. The average Bonchev–Trinajstić information content (AvgIpc) is 3.10. The predicted molar refractivity (Wildman–Crippen MR) is 108 cm³/mol. The van der Waals surface area contributed by atoms with E-state index in [2.05, 4.69) is 10.2 Å². The molecule has 1 fully saturated rings. The molecule has 0 saturated carbocycles. The Bertz CT molecular complexity index is 1160.